The Balaban J connectivity index is 2.06. The number of nitrogens with zero attached hydrogens (tertiary/aromatic N) is 4. The first-order valence-corrected chi connectivity index (χ1v) is 7.27. The maximum Gasteiger partial charge on any atom is 0.182 e. The minimum absolute atomic E-state index is 0.540. The van der Waals surface area contributed by atoms with Gasteiger partial charge in [0.05, 0.1) is 10.7 Å². The fraction of sp³-hybridized carbons (Fsp3) is 0.500. The minimum atomic E-state index is 0.540. The van der Waals surface area contributed by atoms with Crippen molar-refractivity contribution < 1.29 is 0 Å². The fourth-order valence-corrected chi connectivity index (χ4v) is 2.18. The summed E-state index contributed by atoms with van der Waals surface area (Å²) in [5.74, 6) is 1.47. The molecular weight excluding hydrogens is 274 g/mol. The van der Waals surface area contributed by atoms with Crippen LogP contribution in [0.2, 0.25) is 5.02 Å². The first-order chi connectivity index (χ1) is 9.58. The molecule has 6 heteroatoms. The van der Waals surface area contributed by atoms with Gasteiger partial charge < -0.3 is 5.73 Å². The molecule has 0 radical (unpaired) electrons. The van der Waals surface area contributed by atoms with Gasteiger partial charge in [0.1, 0.15) is 0 Å². The lowest BCUT2D eigenvalue weighted by molar-refractivity contribution is 0.487. The molecule has 5 nitrogen and oxygen atoms in total. The van der Waals surface area contributed by atoms with Crippen molar-refractivity contribution in [2.75, 3.05) is 5.73 Å². The standard InChI is InChI=1S/C14H20ClN5/c1-10(2)5-3-4-8-20-14(17-18-19-20)11-6-7-12(15)13(16)9-11/h6-7,9-10H,3-5,8,16H2,1-2H3. The van der Waals surface area contributed by atoms with Crippen LogP contribution in [0.3, 0.4) is 0 Å². The Kier molecular flexibility index (Phi) is 4.95. The second-order valence-electron chi connectivity index (χ2n) is 5.35. The van der Waals surface area contributed by atoms with E-state index in [-0.39, 0.29) is 0 Å². The zero-order chi connectivity index (χ0) is 14.5. The number of nitrogen functional groups attached to an aromatic ring is 1. The van der Waals surface area contributed by atoms with Crippen LogP contribution in [-0.4, -0.2) is 20.2 Å². The van der Waals surface area contributed by atoms with Gasteiger partial charge in [0.25, 0.3) is 0 Å². The van der Waals surface area contributed by atoms with Crippen LogP contribution >= 0.6 is 11.6 Å². The van der Waals surface area contributed by atoms with E-state index < -0.39 is 0 Å². The lowest BCUT2D eigenvalue weighted by Gasteiger charge is -2.07. The molecular formula is C14H20ClN5. The molecule has 0 amide bonds. The predicted molar refractivity (Wildman–Crippen MR) is 81.4 cm³/mol. The summed E-state index contributed by atoms with van der Waals surface area (Å²) in [5, 5.41) is 12.4. The molecule has 1 aromatic heterocycles. The SMILES string of the molecule is CC(C)CCCCn1nnnc1-c1ccc(Cl)c(N)c1. The largest absolute Gasteiger partial charge is 0.398 e. The van der Waals surface area contributed by atoms with Crippen LogP contribution in [-0.2, 0) is 6.54 Å². The maximum atomic E-state index is 5.93. The topological polar surface area (TPSA) is 69.6 Å². The number of tetrazole rings is 1. The Hall–Kier alpha value is -1.62. The summed E-state index contributed by atoms with van der Waals surface area (Å²) in [5.41, 5.74) is 7.25. The molecule has 1 heterocycles. The fourth-order valence-electron chi connectivity index (χ4n) is 2.06. The van der Waals surface area contributed by atoms with E-state index in [1.807, 2.05) is 10.7 Å². The number of nitrogens with two attached hydrogens (primary N) is 1. The van der Waals surface area contributed by atoms with Crippen molar-refractivity contribution in [2.45, 2.75) is 39.7 Å². The number of hydrogen-bond acceptors (Lipinski definition) is 4. The summed E-state index contributed by atoms with van der Waals surface area (Å²) in [6.45, 7) is 5.29. The van der Waals surface area contributed by atoms with Gasteiger partial charge in [0, 0.05) is 12.1 Å². The Labute approximate surface area is 124 Å². The molecule has 0 bridgehead atoms. The van der Waals surface area contributed by atoms with Gasteiger partial charge in [0.2, 0.25) is 0 Å². The smallest absolute Gasteiger partial charge is 0.182 e. The average molecular weight is 294 g/mol. The van der Waals surface area contributed by atoms with E-state index in [1.54, 1.807) is 12.1 Å². The first-order valence-electron chi connectivity index (χ1n) is 6.89. The highest BCUT2D eigenvalue weighted by atomic mass is 35.5. The van der Waals surface area contributed by atoms with Crippen LogP contribution in [0.4, 0.5) is 5.69 Å². The van der Waals surface area contributed by atoms with Crippen molar-refractivity contribution in [3.05, 3.63) is 23.2 Å². The van der Waals surface area contributed by atoms with Gasteiger partial charge in [-0.25, -0.2) is 4.68 Å². The van der Waals surface area contributed by atoms with E-state index in [1.165, 1.54) is 12.8 Å². The molecule has 20 heavy (non-hydrogen) atoms. The van der Waals surface area contributed by atoms with E-state index in [4.69, 9.17) is 17.3 Å². The van der Waals surface area contributed by atoms with Gasteiger partial charge >= 0.3 is 0 Å². The molecule has 2 aromatic rings. The molecule has 0 aliphatic heterocycles. The number of aromatic nitrogens is 4. The number of benzene rings is 1. The molecule has 0 unspecified atom stereocenters. The molecule has 0 aliphatic carbocycles. The van der Waals surface area contributed by atoms with Crippen molar-refractivity contribution in [3.8, 4) is 11.4 Å². The summed E-state index contributed by atoms with van der Waals surface area (Å²) in [7, 11) is 0. The third-order valence-corrected chi connectivity index (χ3v) is 3.53. The third-order valence-electron chi connectivity index (χ3n) is 3.19. The maximum absolute atomic E-state index is 5.93. The lowest BCUT2D eigenvalue weighted by atomic mass is 10.1. The summed E-state index contributed by atoms with van der Waals surface area (Å²) in [6, 6.07) is 5.46. The second kappa shape index (κ2) is 6.70. The molecule has 0 fully saturated rings. The molecule has 0 spiro atoms. The first kappa shape index (κ1) is 14.8. The minimum Gasteiger partial charge on any atom is -0.398 e. The van der Waals surface area contributed by atoms with Crippen LogP contribution in [0.15, 0.2) is 18.2 Å². The van der Waals surface area contributed by atoms with Gasteiger partial charge in [-0.1, -0.05) is 38.3 Å². The molecule has 0 aliphatic rings. The zero-order valence-electron chi connectivity index (χ0n) is 11.9. The number of anilines is 1. The van der Waals surface area contributed by atoms with E-state index in [0.29, 0.717) is 10.7 Å². The van der Waals surface area contributed by atoms with Crippen LogP contribution in [0.1, 0.15) is 33.1 Å². The van der Waals surface area contributed by atoms with E-state index >= 15 is 0 Å². The van der Waals surface area contributed by atoms with Crippen molar-refractivity contribution >= 4 is 17.3 Å². The number of unbranched alkanes of at least 4 members (excludes halogenated alkanes) is 1. The summed E-state index contributed by atoms with van der Waals surface area (Å²) in [6.07, 6.45) is 3.48. The molecule has 0 atom stereocenters. The summed E-state index contributed by atoms with van der Waals surface area (Å²) >= 11 is 5.93. The van der Waals surface area contributed by atoms with Gasteiger partial charge in [-0.05, 0) is 41.0 Å². The highest BCUT2D eigenvalue weighted by molar-refractivity contribution is 6.33. The lowest BCUT2D eigenvalue weighted by Crippen LogP contribution is -2.04. The van der Waals surface area contributed by atoms with E-state index in [9.17, 15) is 0 Å². The number of halogens is 1. The van der Waals surface area contributed by atoms with E-state index in [2.05, 4.69) is 29.4 Å². The summed E-state index contributed by atoms with van der Waals surface area (Å²) < 4.78 is 1.82. The average Bonchev–Trinajstić information content (AvgIpc) is 2.86. The monoisotopic (exact) mass is 293 g/mol. The van der Waals surface area contributed by atoms with Gasteiger partial charge in [-0.15, -0.1) is 5.10 Å². The highest BCUT2D eigenvalue weighted by Crippen LogP contribution is 2.25. The Morgan fingerprint density at radius 3 is 2.80 bits per heavy atom. The molecule has 2 rings (SSSR count). The number of aryl methyl sites for hydroxylation is 1. The van der Waals surface area contributed by atoms with Crippen molar-refractivity contribution in [3.63, 3.8) is 0 Å². The number of rotatable bonds is 6. The van der Waals surface area contributed by atoms with Crippen molar-refractivity contribution in [1.82, 2.24) is 20.2 Å². The molecule has 0 saturated carbocycles. The van der Waals surface area contributed by atoms with Crippen molar-refractivity contribution in [2.24, 2.45) is 5.92 Å². The molecule has 0 saturated heterocycles. The van der Waals surface area contributed by atoms with Crippen LogP contribution in [0.25, 0.3) is 11.4 Å². The highest BCUT2D eigenvalue weighted by Gasteiger charge is 2.10. The van der Waals surface area contributed by atoms with Crippen LogP contribution in [0, 0.1) is 5.92 Å². The molecule has 108 valence electrons. The van der Waals surface area contributed by atoms with E-state index in [0.717, 1.165) is 30.3 Å². The second-order valence-corrected chi connectivity index (χ2v) is 5.76. The van der Waals surface area contributed by atoms with Crippen LogP contribution < -0.4 is 5.73 Å². The van der Waals surface area contributed by atoms with Gasteiger partial charge in [-0.3, -0.25) is 0 Å². The third kappa shape index (κ3) is 3.70. The Morgan fingerprint density at radius 1 is 1.30 bits per heavy atom. The Bertz CT molecular complexity index is 564. The molecule has 1 aromatic carbocycles. The molecule has 2 N–H and O–H groups in total. The zero-order valence-corrected chi connectivity index (χ0v) is 12.6. The van der Waals surface area contributed by atoms with Crippen molar-refractivity contribution in [1.29, 1.82) is 0 Å². The number of hydrogen-bond donors (Lipinski definition) is 1. The van der Waals surface area contributed by atoms with Gasteiger partial charge in [0.15, 0.2) is 5.82 Å². The normalized spacial score (nSPS) is 11.2. The van der Waals surface area contributed by atoms with Crippen LogP contribution in [0.5, 0.6) is 0 Å². The summed E-state index contributed by atoms with van der Waals surface area (Å²) in [4.78, 5) is 0. The predicted octanol–water partition coefficient (Wildman–Crippen LogP) is 3.40. The Morgan fingerprint density at radius 2 is 2.10 bits per heavy atom. The quantitative estimate of drug-likeness (QED) is 0.654. The van der Waals surface area contributed by atoms with Gasteiger partial charge in [-0.2, -0.15) is 0 Å².